The smallest absolute Gasteiger partial charge is 0.219 e. The molecule has 0 radical (unpaired) electrons. The molecule has 0 aliphatic rings. The molecule has 0 unspecified atom stereocenters. The maximum absolute atomic E-state index is 13.1. The van der Waals surface area contributed by atoms with Crippen LogP contribution in [0.15, 0.2) is 65.1 Å². The third-order valence-corrected chi connectivity index (χ3v) is 3.97. The van der Waals surface area contributed by atoms with Crippen LogP contribution in [0.4, 0.5) is 4.39 Å². The van der Waals surface area contributed by atoms with Crippen molar-refractivity contribution in [3.8, 4) is 11.6 Å². The summed E-state index contributed by atoms with van der Waals surface area (Å²) in [5.74, 6) is 0.617. The summed E-state index contributed by atoms with van der Waals surface area (Å²) in [5, 5.41) is 11.2. The Kier molecular flexibility index (Phi) is 5.15. The molecule has 0 atom stereocenters. The molecule has 1 aromatic carbocycles. The molecule has 2 heterocycles. The molecule has 3 aromatic rings. The number of hydroxylamine groups is 1. The standard InChI is InChI=1S/C17H14FN3O2S/c18-13-3-1-4-14(9-13)23-16-7-6-12(10-19-16)17(21-22)20-11-15-5-2-8-24-15/h1-10,22H,11H2,(H,20,21). The van der Waals surface area contributed by atoms with Gasteiger partial charge in [-0.1, -0.05) is 12.1 Å². The molecule has 0 saturated carbocycles. The van der Waals surface area contributed by atoms with Gasteiger partial charge in [0.15, 0.2) is 5.84 Å². The Morgan fingerprint density at radius 3 is 2.83 bits per heavy atom. The lowest BCUT2D eigenvalue weighted by Crippen LogP contribution is -2.20. The first-order chi connectivity index (χ1) is 11.7. The second kappa shape index (κ2) is 7.67. The van der Waals surface area contributed by atoms with Gasteiger partial charge in [-0.25, -0.2) is 9.37 Å². The van der Waals surface area contributed by atoms with E-state index < -0.39 is 0 Å². The molecule has 0 amide bonds. The molecule has 3 rings (SSSR count). The summed E-state index contributed by atoms with van der Waals surface area (Å²) in [5.41, 5.74) is 2.69. The Bertz CT molecular complexity index is 820. The van der Waals surface area contributed by atoms with Crippen molar-refractivity contribution in [2.45, 2.75) is 6.54 Å². The van der Waals surface area contributed by atoms with Crippen molar-refractivity contribution in [2.75, 3.05) is 0 Å². The van der Waals surface area contributed by atoms with E-state index in [2.05, 4.69) is 15.5 Å². The van der Waals surface area contributed by atoms with Crippen LogP contribution in [0.2, 0.25) is 0 Å². The number of thiophene rings is 1. The van der Waals surface area contributed by atoms with E-state index in [1.165, 1.54) is 18.3 Å². The van der Waals surface area contributed by atoms with Gasteiger partial charge in [0, 0.05) is 28.8 Å². The van der Waals surface area contributed by atoms with Crippen LogP contribution in [0, 0.1) is 5.82 Å². The van der Waals surface area contributed by atoms with Crippen LogP contribution in [-0.2, 0) is 6.54 Å². The highest BCUT2D eigenvalue weighted by Gasteiger charge is 2.05. The van der Waals surface area contributed by atoms with Gasteiger partial charge < -0.3 is 4.74 Å². The Hall–Kier alpha value is -2.77. The van der Waals surface area contributed by atoms with Crippen LogP contribution in [-0.4, -0.2) is 16.0 Å². The first-order valence-electron chi connectivity index (χ1n) is 7.11. The quantitative estimate of drug-likeness (QED) is 0.417. The number of hydrogen-bond donors (Lipinski definition) is 2. The largest absolute Gasteiger partial charge is 0.439 e. The number of nitrogens with zero attached hydrogens (tertiary/aromatic N) is 2. The van der Waals surface area contributed by atoms with Crippen molar-refractivity contribution in [2.24, 2.45) is 4.99 Å². The minimum absolute atomic E-state index is 0.313. The molecule has 0 saturated heterocycles. The third kappa shape index (κ3) is 4.15. The van der Waals surface area contributed by atoms with Crippen LogP contribution < -0.4 is 10.2 Å². The summed E-state index contributed by atoms with van der Waals surface area (Å²) < 4.78 is 18.6. The summed E-state index contributed by atoms with van der Waals surface area (Å²) in [4.78, 5) is 9.54. The van der Waals surface area contributed by atoms with Gasteiger partial charge in [-0.05, 0) is 29.6 Å². The highest BCUT2D eigenvalue weighted by atomic mass is 32.1. The highest BCUT2D eigenvalue weighted by molar-refractivity contribution is 7.09. The van der Waals surface area contributed by atoms with E-state index in [4.69, 9.17) is 4.74 Å². The first-order valence-corrected chi connectivity index (χ1v) is 7.99. The average molecular weight is 343 g/mol. The Labute approximate surface area is 142 Å². The first kappa shape index (κ1) is 16.1. The van der Waals surface area contributed by atoms with E-state index in [-0.39, 0.29) is 5.82 Å². The van der Waals surface area contributed by atoms with Crippen molar-refractivity contribution in [3.63, 3.8) is 0 Å². The summed E-state index contributed by atoms with van der Waals surface area (Å²) in [6.07, 6.45) is 1.52. The van der Waals surface area contributed by atoms with E-state index in [1.54, 1.807) is 35.6 Å². The normalized spacial score (nSPS) is 11.3. The van der Waals surface area contributed by atoms with E-state index in [0.29, 0.717) is 29.6 Å². The summed E-state index contributed by atoms with van der Waals surface area (Å²) in [7, 11) is 0. The van der Waals surface area contributed by atoms with E-state index in [1.807, 2.05) is 17.5 Å². The monoisotopic (exact) mass is 343 g/mol. The Balaban J connectivity index is 1.71. The molecule has 0 aliphatic heterocycles. The number of pyridine rings is 1. The molecular formula is C17H14FN3O2S. The molecule has 0 fully saturated rings. The predicted octanol–water partition coefficient (Wildman–Crippen LogP) is 4.00. The molecule has 7 heteroatoms. The van der Waals surface area contributed by atoms with Gasteiger partial charge in [-0.3, -0.25) is 15.7 Å². The second-order valence-corrected chi connectivity index (χ2v) is 5.83. The predicted molar refractivity (Wildman–Crippen MR) is 90.2 cm³/mol. The fourth-order valence-electron chi connectivity index (χ4n) is 1.98. The van der Waals surface area contributed by atoms with Crippen molar-refractivity contribution in [1.82, 2.24) is 10.5 Å². The zero-order valence-corrected chi connectivity index (χ0v) is 13.3. The number of aliphatic imine (C=N–C) groups is 1. The number of benzene rings is 1. The fourth-order valence-corrected chi connectivity index (χ4v) is 2.61. The zero-order chi connectivity index (χ0) is 16.8. The van der Waals surface area contributed by atoms with Crippen molar-refractivity contribution in [1.29, 1.82) is 0 Å². The number of aromatic nitrogens is 1. The molecule has 24 heavy (non-hydrogen) atoms. The number of nitrogens with one attached hydrogen (secondary N) is 1. The van der Waals surface area contributed by atoms with Gasteiger partial charge in [-0.15, -0.1) is 11.3 Å². The lowest BCUT2D eigenvalue weighted by atomic mass is 10.2. The van der Waals surface area contributed by atoms with Gasteiger partial charge in [0.2, 0.25) is 5.88 Å². The van der Waals surface area contributed by atoms with Gasteiger partial charge >= 0.3 is 0 Å². The molecule has 5 nitrogen and oxygen atoms in total. The van der Waals surface area contributed by atoms with Crippen molar-refractivity contribution in [3.05, 3.63) is 76.4 Å². The number of amidine groups is 1. The zero-order valence-electron chi connectivity index (χ0n) is 12.5. The molecule has 0 aliphatic carbocycles. The fraction of sp³-hybridized carbons (Fsp3) is 0.0588. The van der Waals surface area contributed by atoms with Crippen LogP contribution >= 0.6 is 11.3 Å². The van der Waals surface area contributed by atoms with Gasteiger partial charge in [0.05, 0.1) is 6.54 Å². The third-order valence-electron chi connectivity index (χ3n) is 3.11. The number of rotatable bonds is 5. The van der Waals surface area contributed by atoms with Crippen LogP contribution in [0.25, 0.3) is 0 Å². The molecule has 0 bridgehead atoms. The highest BCUT2D eigenvalue weighted by Crippen LogP contribution is 2.20. The van der Waals surface area contributed by atoms with Crippen LogP contribution in [0.1, 0.15) is 10.4 Å². The minimum atomic E-state index is -0.378. The molecule has 0 spiro atoms. The van der Waals surface area contributed by atoms with Gasteiger partial charge in [-0.2, -0.15) is 0 Å². The van der Waals surface area contributed by atoms with Gasteiger partial charge in [0.25, 0.3) is 0 Å². The molecular weight excluding hydrogens is 329 g/mol. The van der Waals surface area contributed by atoms with E-state index in [9.17, 15) is 9.60 Å². The van der Waals surface area contributed by atoms with Crippen molar-refractivity contribution >= 4 is 17.2 Å². The number of ether oxygens (including phenoxy) is 1. The number of halogens is 1. The van der Waals surface area contributed by atoms with E-state index in [0.717, 1.165) is 4.88 Å². The lowest BCUT2D eigenvalue weighted by Gasteiger charge is -2.07. The molecule has 2 aromatic heterocycles. The Morgan fingerprint density at radius 2 is 2.17 bits per heavy atom. The summed E-state index contributed by atoms with van der Waals surface area (Å²) in [6, 6.07) is 13.1. The average Bonchev–Trinajstić information content (AvgIpc) is 3.10. The Morgan fingerprint density at radius 1 is 1.25 bits per heavy atom. The molecule has 2 N–H and O–H groups in total. The minimum Gasteiger partial charge on any atom is -0.439 e. The van der Waals surface area contributed by atoms with E-state index >= 15 is 0 Å². The second-order valence-electron chi connectivity index (χ2n) is 4.80. The maximum atomic E-state index is 13.1. The maximum Gasteiger partial charge on any atom is 0.219 e. The topological polar surface area (TPSA) is 66.7 Å². The summed E-state index contributed by atoms with van der Waals surface area (Å²) >= 11 is 1.59. The molecule has 122 valence electrons. The summed E-state index contributed by atoms with van der Waals surface area (Å²) in [6.45, 7) is 0.460. The lowest BCUT2D eigenvalue weighted by molar-refractivity contribution is 0.234. The van der Waals surface area contributed by atoms with Crippen molar-refractivity contribution < 1.29 is 14.3 Å². The number of hydrogen-bond acceptors (Lipinski definition) is 5. The van der Waals surface area contributed by atoms with Crippen LogP contribution in [0.5, 0.6) is 11.6 Å². The SMILES string of the molecule is ONC(=NCc1cccs1)c1ccc(Oc2cccc(F)c2)nc1. The van der Waals surface area contributed by atoms with Crippen LogP contribution in [0.3, 0.4) is 0 Å². The van der Waals surface area contributed by atoms with Gasteiger partial charge in [0.1, 0.15) is 11.6 Å².